The molecule has 1 aromatic rings. The number of nitrogens with one attached hydrogen (secondary N) is 1. The van der Waals surface area contributed by atoms with Gasteiger partial charge in [0.15, 0.2) is 0 Å². The van der Waals surface area contributed by atoms with Gasteiger partial charge in [0.05, 0.1) is 24.5 Å². The first-order valence-corrected chi connectivity index (χ1v) is 5.23. The predicted molar refractivity (Wildman–Crippen MR) is 60.7 cm³/mol. The number of aromatic hydroxyl groups is 1. The summed E-state index contributed by atoms with van der Waals surface area (Å²) in [5.74, 6) is -0.558. The maximum Gasteiger partial charge on any atom is 0.255 e. The summed E-state index contributed by atoms with van der Waals surface area (Å²) in [6.45, 7) is 0.543. The van der Waals surface area contributed by atoms with Gasteiger partial charge in [0.25, 0.3) is 5.91 Å². The van der Waals surface area contributed by atoms with Crippen LogP contribution in [0.4, 0.5) is 0 Å². The van der Waals surface area contributed by atoms with Crippen molar-refractivity contribution in [3.05, 3.63) is 24.0 Å². The number of carbonyl (C=O) groups excluding carboxylic acids is 1. The van der Waals surface area contributed by atoms with Crippen LogP contribution < -0.4 is 5.32 Å². The lowest BCUT2D eigenvalue weighted by Gasteiger charge is -2.10. The van der Waals surface area contributed by atoms with Gasteiger partial charge in [0.2, 0.25) is 0 Å². The molecule has 6 heteroatoms. The summed E-state index contributed by atoms with van der Waals surface area (Å²) in [6.07, 6.45) is 2.42. The smallest absolute Gasteiger partial charge is 0.255 e. The minimum absolute atomic E-state index is 0.164. The molecule has 0 radical (unpaired) electrons. The summed E-state index contributed by atoms with van der Waals surface area (Å²) in [5, 5.41) is 21.3. The lowest BCUT2D eigenvalue weighted by atomic mass is 10.2. The van der Waals surface area contributed by atoms with Crippen LogP contribution in [-0.2, 0) is 4.74 Å². The highest BCUT2D eigenvalue weighted by atomic mass is 16.5. The number of aliphatic hydroxyl groups is 1. The third-order valence-corrected chi connectivity index (χ3v) is 2.17. The fourth-order valence-electron chi connectivity index (χ4n) is 1.30. The molecule has 0 aliphatic carbocycles. The number of nitrogens with zero attached hydrogens (tertiary/aromatic N) is 1. The molecular formula is C11H16N2O4. The van der Waals surface area contributed by atoms with Gasteiger partial charge in [-0.2, -0.15) is 0 Å². The van der Waals surface area contributed by atoms with Crippen LogP contribution in [0.1, 0.15) is 16.8 Å². The number of carbonyl (C=O) groups is 1. The monoisotopic (exact) mass is 240 g/mol. The van der Waals surface area contributed by atoms with E-state index in [0.717, 1.165) is 0 Å². The first kappa shape index (κ1) is 13.4. The highest BCUT2D eigenvalue weighted by Gasteiger charge is 2.10. The molecule has 1 heterocycles. The first-order valence-electron chi connectivity index (χ1n) is 5.23. The quantitative estimate of drug-likeness (QED) is 0.646. The maximum atomic E-state index is 11.6. The van der Waals surface area contributed by atoms with Crippen LogP contribution in [0.25, 0.3) is 0 Å². The number of aliphatic hydroxyl groups excluding tert-OH is 1. The van der Waals surface area contributed by atoms with Gasteiger partial charge in [-0.05, 0) is 12.5 Å². The van der Waals surface area contributed by atoms with E-state index in [1.54, 1.807) is 0 Å². The molecular weight excluding hydrogens is 224 g/mol. The van der Waals surface area contributed by atoms with E-state index in [4.69, 9.17) is 4.74 Å². The van der Waals surface area contributed by atoms with Crippen molar-refractivity contribution in [2.45, 2.75) is 12.5 Å². The number of amides is 1. The Hall–Kier alpha value is -1.66. The fraction of sp³-hybridized carbons (Fsp3) is 0.455. The lowest BCUT2D eigenvalue weighted by molar-refractivity contribution is 0.0587. The third kappa shape index (κ3) is 4.38. The van der Waals surface area contributed by atoms with Crippen molar-refractivity contribution in [1.82, 2.24) is 10.3 Å². The zero-order valence-electron chi connectivity index (χ0n) is 9.59. The summed E-state index contributed by atoms with van der Waals surface area (Å²) in [7, 11) is 1.50. The number of methoxy groups -OCH3 is 1. The number of hydrogen-bond acceptors (Lipinski definition) is 5. The van der Waals surface area contributed by atoms with Crippen molar-refractivity contribution in [3.8, 4) is 5.75 Å². The third-order valence-electron chi connectivity index (χ3n) is 2.17. The number of hydrogen-bond donors (Lipinski definition) is 3. The molecule has 0 fully saturated rings. The predicted octanol–water partition coefficient (Wildman–Crippen LogP) is -0.0856. The molecule has 1 amide bonds. The Balaban J connectivity index is 2.38. The summed E-state index contributed by atoms with van der Waals surface area (Å²) < 4.78 is 4.75. The average molecular weight is 240 g/mol. The fourth-order valence-corrected chi connectivity index (χ4v) is 1.30. The van der Waals surface area contributed by atoms with Crippen molar-refractivity contribution in [3.63, 3.8) is 0 Å². The first-order chi connectivity index (χ1) is 8.15. The van der Waals surface area contributed by atoms with Gasteiger partial charge in [0, 0.05) is 19.9 Å². The largest absolute Gasteiger partial charge is 0.505 e. The van der Waals surface area contributed by atoms with Crippen molar-refractivity contribution in [1.29, 1.82) is 0 Å². The van der Waals surface area contributed by atoms with Gasteiger partial charge < -0.3 is 20.3 Å². The molecule has 0 saturated carbocycles. The molecule has 0 saturated heterocycles. The van der Waals surface area contributed by atoms with Gasteiger partial charge >= 0.3 is 0 Å². The second-order valence-corrected chi connectivity index (χ2v) is 3.55. The van der Waals surface area contributed by atoms with E-state index < -0.39 is 12.0 Å². The zero-order chi connectivity index (χ0) is 12.7. The highest BCUT2D eigenvalue weighted by Crippen LogP contribution is 2.13. The van der Waals surface area contributed by atoms with Crippen LogP contribution in [0.5, 0.6) is 5.75 Å². The molecule has 0 aromatic carbocycles. The number of aromatic nitrogens is 1. The van der Waals surface area contributed by atoms with Crippen LogP contribution >= 0.6 is 0 Å². The number of pyridine rings is 1. The Morgan fingerprint density at radius 3 is 3.06 bits per heavy atom. The molecule has 1 unspecified atom stereocenters. The molecule has 0 aliphatic heterocycles. The molecule has 6 nitrogen and oxygen atoms in total. The molecule has 0 bridgehead atoms. The van der Waals surface area contributed by atoms with Gasteiger partial charge in [-0.1, -0.05) is 0 Å². The van der Waals surface area contributed by atoms with E-state index in [9.17, 15) is 15.0 Å². The number of rotatable bonds is 6. The van der Waals surface area contributed by atoms with Gasteiger partial charge in [0.1, 0.15) is 5.75 Å². The van der Waals surface area contributed by atoms with E-state index in [0.29, 0.717) is 13.0 Å². The second-order valence-electron chi connectivity index (χ2n) is 3.55. The van der Waals surface area contributed by atoms with E-state index in [-0.39, 0.29) is 17.9 Å². The Morgan fingerprint density at radius 1 is 1.65 bits per heavy atom. The van der Waals surface area contributed by atoms with Crippen molar-refractivity contribution >= 4 is 5.91 Å². The Kier molecular flexibility index (Phi) is 5.38. The number of ether oxygens (including phenoxy) is 1. The van der Waals surface area contributed by atoms with Gasteiger partial charge in [-0.25, -0.2) is 0 Å². The molecule has 0 spiro atoms. The topological polar surface area (TPSA) is 91.7 Å². The molecule has 1 rings (SSSR count). The molecule has 17 heavy (non-hydrogen) atoms. The van der Waals surface area contributed by atoms with Crippen molar-refractivity contribution in [2.24, 2.45) is 0 Å². The van der Waals surface area contributed by atoms with Crippen molar-refractivity contribution < 1.29 is 19.7 Å². The molecule has 1 aromatic heterocycles. The van der Waals surface area contributed by atoms with E-state index in [1.165, 1.54) is 25.6 Å². The van der Waals surface area contributed by atoms with Gasteiger partial charge in [-0.15, -0.1) is 0 Å². The van der Waals surface area contributed by atoms with Crippen LogP contribution in [0.3, 0.4) is 0 Å². The molecule has 3 N–H and O–H groups in total. The van der Waals surface area contributed by atoms with Gasteiger partial charge in [-0.3, -0.25) is 9.78 Å². The minimum Gasteiger partial charge on any atom is -0.505 e. The Bertz CT molecular complexity index is 370. The standard InChI is InChI=1S/C11H16N2O4/c1-17-7-8(14)2-5-13-11(16)9-3-4-12-6-10(9)15/h3-4,6,8,14-15H,2,5,7H2,1H3,(H,13,16). The van der Waals surface area contributed by atoms with Crippen molar-refractivity contribution in [2.75, 3.05) is 20.3 Å². The minimum atomic E-state index is -0.605. The average Bonchev–Trinajstić information content (AvgIpc) is 2.29. The molecule has 94 valence electrons. The molecule has 0 aliphatic rings. The summed E-state index contributed by atoms with van der Waals surface area (Å²) in [4.78, 5) is 15.3. The summed E-state index contributed by atoms with van der Waals surface area (Å²) >= 11 is 0. The van der Waals surface area contributed by atoms with Crippen LogP contribution in [0, 0.1) is 0 Å². The zero-order valence-corrected chi connectivity index (χ0v) is 9.59. The Morgan fingerprint density at radius 2 is 2.41 bits per heavy atom. The lowest BCUT2D eigenvalue weighted by Crippen LogP contribution is -2.28. The van der Waals surface area contributed by atoms with E-state index in [2.05, 4.69) is 10.3 Å². The Labute approximate surface area is 99.3 Å². The normalized spacial score (nSPS) is 12.1. The summed E-state index contributed by atoms with van der Waals surface area (Å²) in [6, 6.07) is 1.43. The maximum absolute atomic E-state index is 11.6. The highest BCUT2D eigenvalue weighted by molar-refractivity contribution is 5.96. The molecule has 1 atom stereocenters. The van der Waals surface area contributed by atoms with E-state index >= 15 is 0 Å². The van der Waals surface area contributed by atoms with E-state index in [1.807, 2.05) is 0 Å². The van der Waals surface area contributed by atoms with Crippen LogP contribution in [0.2, 0.25) is 0 Å². The van der Waals surface area contributed by atoms with Crippen LogP contribution in [-0.4, -0.2) is 47.5 Å². The second kappa shape index (κ2) is 6.82. The SMILES string of the molecule is COCC(O)CCNC(=O)c1ccncc1O. The van der Waals surface area contributed by atoms with Crippen LogP contribution in [0.15, 0.2) is 18.5 Å². The summed E-state index contributed by atoms with van der Waals surface area (Å²) in [5.41, 5.74) is 0.168.